The predicted molar refractivity (Wildman–Crippen MR) is 249 cm³/mol. The molecule has 4 aliphatic carbocycles. The highest BCUT2D eigenvalue weighted by molar-refractivity contribution is 7.55. The van der Waals surface area contributed by atoms with Gasteiger partial charge in [-0.3, -0.25) is 0 Å². The summed E-state index contributed by atoms with van der Waals surface area (Å²) in [6.07, 6.45) is 27.3. The molecule has 4 saturated carbocycles. The molecule has 0 N–H and O–H groups in total. The number of hydrogen-bond acceptors (Lipinski definition) is 2. The highest BCUT2D eigenvalue weighted by Gasteiger charge is 2.40. The van der Waals surface area contributed by atoms with Gasteiger partial charge in [0.05, 0.1) is 16.3 Å². The maximum Gasteiger partial charge on any atom is 0.135 e. The Kier molecular flexibility index (Phi) is 14.5. The fraction of sp³-hybridized carbons (Fsp3) is 0.769. The average Bonchev–Trinajstić information content (AvgIpc) is 3.15. The van der Waals surface area contributed by atoms with Crippen LogP contribution in [-0.4, -0.2) is 22.6 Å². The Morgan fingerprint density at radius 2 is 0.607 bits per heavy atom. The molecule has 0 saturated heterocycles. The minimum atomic E-state index is -0.625. The average molecular weight is 803 g/mol. The largest absolute Gasteiger partial charge is 0.473 e. The van der Waals surface area contributed by atoms with Crippen LogP contribution in [0.5, 0.6) is 11.5 Å². The lowest BCUT2D eigenvalue weighted by molar-refractivity contribution is 0.442. The lowest BCUT2D eigenvalue weighted by Crippen LogP contribution is -2.25. The maximum atomic E-state index is 8.06. The van der Waals surface area contributed by atoms with Crippen molar-refractivity contribution in [3.8, 4) is 22.6 Å². The Labute approximate surface area is 348 Å². The molecule has 56 heavy (non-hydrogen) atoms. The molecule has 2 aromatic rings. The van der Waals surface area contributed by atoms with Crippen molar-refractivity contribution in [2.75, 3.05) is 0 Å². The Hall–Kier alpha value is -1.10. The van der Waals surface area contributed by atoms with Crippen LogP contribution in [-0.2, 0) is 21.7 Å². The van der Waals surface area contributed by atoms with Crippen LogP contribution in [0.25, 0.3) is 11.1 Å². The van der Waals surface area contributed by atoms with Gasteiger partial charge in [0.15, 0.2) is 0 Å². The summed E-state index contributed by atoms with van der Waals surface area (Å²) in [5.41, 5.74) is 10.9. The van der Waals surface area contributed by atoms with Crippen molar-refractivity contribution in [3.63, 3.8) is 0 Å². The van der Waals surface area contributed by atoms with Crippen LogP contribution in [0, 0.1) is 0 Å². The van der Waals surface area contributed by atoms with Crippen molar-refractivity contribution in [1.29, 1.82) is 0 Å². The summed E-state index contributed by atoms with van der Waals surface area (Å²) >= 11 is 0. The van der Waals surface area contributed by atoms with Gasteiger partial charge in [0, 0.05) is 44.9 Å². The standard InChI is InChI=1S/C52H84O2P2/c1-49(2,3)37-33-43(47(45(35-37)51(7,8)9)53-55(39-25-17-13-18-26-39)40-27-19-14-20-28-40)44-34-38(50(4,5)6)36-46(52(10,11)12)48(44)54-56(41-29-21-15-22-30-41)42-31-23-16-24-32-42/h33-36,39-42H,13-32H2,1-12H3. The van der Waals surface area contributed by atoms with Gasteiger partial charge < -0.3 is 9.05 Å². The molecule has 0 aliphatic heterocycles. The minimum Gasteiger partial charge on any atom is -0.473 e. The fourth-order valence-corrected chi connectivity index (χ4v) is 16.4. The van der Waals surface area contributed by atoms with E-state index in [1.165, 1.54) is 173 Å². The van der Waals surface area contributed by atoms with Crippen LogP contribution in [0.2, 0.25) is 0 Å². The second-order valence-corrected chi connectivity index (χ2v) is 27.6. The van der Waals surface area contributed by atoms with Crippen LogP contribution in [0.3, 0.4) is 0 Å². The van der Waals surface area contributed by atoms with E-state index in [4.69, 9.17) is 9.05 Å². The monoisotopic (exact) mass is 803 g/mol. The molecule has 2 aromatic carbocycles. The second-order valence-electron chi connectivity index (χ2n) is 22.9. The van der Waals surface area contributed by atoms with E-state index in [1.54, 1.807) is 0 Å². The van der Waals surface area contributed by atoms with E-state index in [0.29, 0.717) is 22.6 Å². The van der Waals surface area contributed by atoms with Crippen LogP contribution in [0.4, 0.5) is 0 Å². The zero-order valence-electron chi connectivity index (χ0n) is 38.5. The lowest BCUT2D eigenvalue weighted by Gasteiger charge is -2.41. The highest BCUT2D eigenvalue weighted by atomic mass is 31.1. The topological polar surface area (TPSA) is 18.5 Å². The van der Waals surface area contributed by atoms with Crippen LogP contribution < -0.4 is 9.05 Å². The van der Waals surface area contributed by atoms with E-state index >= 15 is 0 Å². The zero-order valence-corrected chi connectivity index (χ0v) is 40.3. The second kappa shape index (κ2) is 18.3. The van der Waals surface area contributed by atoms with Gasteiger partial charge in [0.25, 0.3) is 0 Å². The van der Waals surface area contributed by atoms with E-state index in [1.807, 2.05) is 0 Å². The molecule has 6 rings (SSSR count). The van der Waals surface area contributed by atoms with Crippen molar-refractivity contribution in [3.05, 3.63) is 46.5 Å². The molecule has 0 atom stereocenters. The van der Waals surface area contributed by atoms with Crippen molar-refractivity contribution in [2.24, 2.45) is 0 Å². The normalized spacial score (nSPS) is 20.9. The van der Waals surface area contributed by atoms with Gasteiger partial charge in [-0.05, 0) is 96.3 Å². The van der Waals surface area contributed by atoms with Gasteiger partial charge in [-0.1, -0.05) is 172 Å². The summed E-state index contributed by atoms with van der Waals surface area (Å²) in [4.78, 5) is 0. The molecular formula is C52H84O2P2. The molecule has 0 aromatic heterocycles. The predicted octanol–water partition coefficient (Wildman–Crippen LogP) is 17.4. The Balaban J connectivity index is 1.65. The summed E-state index contributed by atoms with van der Waals surface area (Å²) in [7, 11) is -1.25. The highest BCUT2D eigenvalue weighted by Crippen LogP contribution is 2.62. The van der Waals surface area contributed by atoms with E-state index in [2.05, 4.69) is 107 Å². The molecule has 0 spiro atoms. The van der Waals surface area contributed by atoms with Gasteiger partial charge in [-0.2, -0.15) is 0 Å². The van der Waals surface area contributed by atoms with Crippen LogP contribution >= 0.6 is 16.3 Å². The molecule has 0 amide bonds. The van der Waals surface area contributed by atoms with Gasteiger partial charge in [-0.25, -0.2) is 0 Å². The third kappa shape index (κ3) is 10.8. The minimum absolute atomic E-state index is 0.00289. The molecule has 0 unspecified atom stereocenters. The molecule has 314 valence electrons. The van der Waals surface area contributed by atoms with Crippen molar-refractivity contribution in [2.45, 2.75) is 256 Å². The zero-order chi connectivity index (χ0) is 40.5. The quantitative estimate of drug-likeness (QED) is 0.235. The Bertz CT molecular complexity index is 1420. The molecule has 0 radical (unpaired) electrons. The number of hydrogen-bond donors (Lipinski definition) is 0. The third-order valence-corrected chi connectivity index (χ3v) is 19.7. The van der Waals surface area contributed by atoms with Crippen LogP contribution in [0.15, 0.2) is 24.3 Å². The summed E-state index contributed by atoms with van der Waals surface area (Å²) in [6, 6.07) is 10.3. The first-order valence-corrected chi connectivity index (χ1v) is 26.4. The molecule has 4 fully saturated rings. The van der Waals surface area contributed by atoms with Crippen molar-refractivity contribution >= 4 is 16.3 Å². The first kappa shape index (κ1) is 44.5. The van der Waals surface area contributed by atoms with Gasteiger partial charge in [0.2, 0.25) is 0 Å². The van der Waals surface area contributed by atoms with E-state index in [9.17, 15) is 0 Å². The first-order chi connectivity index (χ1) is 26.3. The van der Waals surface area contributed by atoms with Crippen molar-refractivity contribution < 1.29 is 9.05 Å². The number of rotatable bonds is 9. The summed E-state index contributed by atoms with van der Waals surface area (Å²) in [5, 5.41) is 0. The molecule has 0 heterocycles. The molecule has 4 aliphatic rings. The van der Waals surface area contributed by atoms with E-state index in [-0.39, 0.29) is 21.7 Å². The first-order valence-electron chi connectivity index (χ1n) is 23.6. The third-order valence-electron chi connectivity index (χ3n) is 13.9. The van der Waals surface area contributed by atoms with Gasteiger partial charge in [-0.15, -0.1) is 0 Å². The Morgan fingerprint density at radius 3 is 0.821 bits per heavy atom. The Morgan fingerprint density at radius 1 is 0.357 bits per heavy atom. The fourth-order valence-electron chi connectivity index (χ4n) is 10.3. The van der Waals surface area contributed by atoms with Gasteiger partial charge in [0.1, 0.15) is 11.5 Å². The smallest absolute Gasteiger partial charge is 0.135 e. The molecule has 4 heteroatoms. The van der Waals surface area contributed by atoms with E-state index < -0.39 is 16.3 Å². The summed E-state index contributed by atoms with van der Waals surface area (Å²) in [5.74, 6) is 2.39. The lowest BCUT2D eigenvalue weighted by atomic mass is 9.75. The molecular weight excluding hydrogens is 719 g/mol. The number of benzene rings is 2. The van der Waals surface area contributed by atoms with Crippen molar-refractivity contribution in [1.82, 2.24) is 0 Å². The maximum absolute atomic E-state index is 8.06. The summed E-state index contributed by atoms with van der Waals surface area (Å²) in [6.45, 7) is 29.1. The van der Waals surface area contributed by atoms with Gasteiger partial charge >= 0.3 is 0 Å². The SMILES string of the molecule is CC(C)(C)c1cc(-c2cc(C(C)(C)C)cc(C(C)(C)C)c2OP(C2CCCCC2)C2CCCCC2)c(OP(C2CCCCC2)C2CCCCC2)c(C(C)(C)C)c1. The summed E-state index contributed by atoms with van der Waals surface area (Å²) < 4.78 is 16.1. The molecule has 2 nitrogen and oxygen atoms in total. The van der Waals surface area contributed by atoms with Crippen LogP contribution in [0.1, 0.15) is 234 Å². The van der Waals surface area contributed by atoms with E-state index in [0.717, 1.165) is 0 Å². The molecule has 0 bridgehead atoms.